The van der Waals surface area contributed by atoms with Gasteiger partial charge >= 0.3 is 0 Å². The molecule has 0 saturated heterocycles. The number of Topliss-reactive ketones (excluding diaryl/α,β-unsaturated/α-hetero) is 2. The molecule has 0 aliphatic heterocycles. The highest BCUT2D eigenvalue weighted by Gasteiger charge is 2.62. The molecule has 8 aliphatic carbocycles. The molecule has 0 bridgehead atoms. The summed E-state index contributed by atoms with van der Waals surface area (Å²) in [7, 11) is 0. The largest absolute Gasteiger partial charge is 0.377 e. The van der Waals surface area contributed by atoms with Crippen molar-refractivity contribution in [2.45, 2.75) is 142 Å². The molecule has 45 heavy (non-hydrogen) atoms. The number of carbonyl (C=O) groups is 3. The summed E-state index contributed by atoms with van der Waals surface area (Å²) in [5, 5.41) is 10.9. The predicted octanol–water partition coefficient (Wildman–Crippen LogP) is 8.36. The van der Waals surface area contributed by atoms with Crippen molar-refractivity contribution in [1.29, 1.82) is 0 Å². The highest BCUT2D eigenvalue weighted by molar-refractivity contribution is 5.91. The summed E-state index contributed by atoms with van der Waals surface area (Å²) in [4.78, 5) is 35.8. The molecule has 8 rings (SSSR count). The van der Waals surface area contributed by atoms with Crippen LogP contribution in [0.5, 0.6) is 0 Å². The number of allylic oxidation sites excluding steroid dienone is 3. The molecule has 0 heterocycles. The van der Waals surface area contributed by atoms with Crippen LogP contribution in [0.25, 0.3) is 0 Å². The first-order valence-electron chi connectivity index (χ1n) is 18.5. The van der Waals surface area contributed by atoms with Gasteiger partial charge in [0, 0.05) is 30.6 Å². The number of hydrogen-bond donors (Lipinski definition) is 1. The van der Waals surface area contributed by atoms with Gasteiger partial charge in [0.1, 0.15) is 17.2 Å². The van der Waals surface area contributed by atoms with E-state index in [1.54, 1.807) is 12.5 Å². The Labute approximate surface area is 271 Å². The van der Waals surface area contributed by atoms with Gasteiger partial charge in [-0.2, -0.15) is 0 Å². The SMILES string of the molecule is C#C[C@]1(O)CC[C@H]2[C@@H]3CCC4=C(CCC(=O)C4)[C@H]3CC[C@@]21C.CC(=O)[C@H]1CC[C@H]2[C@@H]3CCC4=CC(=O)CC[C@]4(C)[C@H]3CC[C@]12C. The Kier molecular flexibility index (Phi) is 7.75. The first-order valence-corrected chi connectivity index (χ1v) is 18.5. The lowest BCUT2D eigenvalue weighted by molar-refractivity contribution is -0.128. The van der Waals surface area contributed by atoms with Crippen LogP contribution in [0.1, 0.15) is 137 Å². The maximum Gasteiger partial charge on any atom is 0.155 e. The molecule has 4 nitrogen and oxygen atoms in total. The molecule has 0 aromatic rings. The number of rotatable bonds is 1. The van der Waals surface area contributed by atoms with Crippen molar-refractivity contribution in [2.75, 3.05) is 0 Å². The van der Waals surface area contributed by atoms with E-state index in [9.17, 15) is 19.5 Å². The minimum atomic E-state index is -0.903. The van der Waals surface area contributed by atoms with Crippen LogP contribution in [-0.4, -0.2) is 28.1 Å². The number of terminal acetylenes is 1. The fourth-order valence-electron chi connectivity index (χ4n) is 13.5. The minimum absolute atomic E-state index is 0.106. The van der Waals surface area contributed by atoms with Crippen LogP contribution >= 0.6 is 0 Å². The van der Waals surface area contributed by atoms with E-state index in [2.05, 4.69) is 26.7 Å². The van der Waals surface area contributed by atoms with Gasteiger partial charge in [0.05, 0.1) is 0 Å². The summed E-state index contributed by atoms with van der Waals surface area (Å²) in [6, 6.07) is 0. The maximum atomic E-state index is 12.1. The van der Waals surface area contributed by atoms with E-state index in [4.69, 9.17) is 6.42 Å². The van der Waals surface area contributed by atoms with Gasteiger partial charge in [-0.05, 0) is 149 Å². The maximum absolute atomic E-state index is 12.1. The summed E-state index contributed by atoms with van der Waals surface area (Å²) >= 11 is 0. The molecule has 0 amide bonds. The summed E-state index contributed by atoms with van der Waals surface area (Å²) in [5.74, 6) is 8.35. The van der Waals surface area contributed by atoms with Crippen LogP contribution in [0, 0.1) is 70.0 Å². The van der Waals surface area contributed by atoms with Crippen molar-refractivity contribution in [3.8, 4) is 12.3 Å². The smallest absolute Gasteiger partial charge is 0.155 e. The molecule has 5 saturated carbocycles. The number of fused-ring (bicyclic) bond motifs is 9. The van der Waals surface area contributed by atoms with E-state index in [1.807, 2.05) is 6.08 Å². The average Bonchev–Trinajstić information content (AvgIpc) is 3.51. The van der Waals surface area contributed by atoms with Crippen molar-refractivity contribution in [2.24, 2.45) is 57.7 Å². The number of aliphatic hydroxyl groups is 1. The zero-order valence-electron chi connectivity index (χ0n) is 28.4. The molecule has 11 atom stereocenters. The van der Waals surface area contributed by atoms with Crippen LogP contribution in [0.3, 0.4) is 0 Å². The van der Waals surface area contributed by atoms with Crippen LogP contribution in [0.4, 0.5) is 0 Å². The van der Waals surface area contributed by atoms with Gasteiger partial charge in [-0.3, -0.25) is 14.4 Å². The summed E-state index contributed by atoms with van der Waals surface area (Å²) in [6.07, 6.45) is 25.4. The van der Waals surface area contributed by atoms with Gasteiger partial charge in [0.15, 0.2) is 5.78 Å². The summed E-state index contributed by atoms with van der Waals surface area (Å²) < 4.78 is 0. The van der Waals surface area contributed by atoms with Crippen LogP contribution in [0.15, 0.2) is 22.8 Å². The van der Waals surface area contributed by atoms with Crippen molar-refractivity contribution in [3.63, 3.8) is 0 Å². The monoisotopic (exact) mass is 612 g/mol. The topological polar surface area (TPSA) is 71.4 Å². The predicted molar refractivity (Wildman–Crippen MR) is 177 cm³/mol. The number of ketones is 3. The fourth-order valence-corrected chi connectivity index (χ4v) is 13.5. The van der Waals surface area contributed by atoms with E-state index in [0.717, 1.165) is 94.8 Å². The molecule has 8 aliphatic rings. The zero-order chi connectivity index (χ0) is 31.9. The molecule has 0 radical (unpaired) electrons. The van der Waals surface area contributed by atoms with Gasteiger partial charge in [0.25, 0.3) is 0 Å². The average molecular weight is 613 g/mol. The first-order chi connectivity index (χ1) is 21.3. The second-order valence-corrected chi connectivity index (χ2v) is 17.5. The Balaban J connectivity index is 0.000000145. The Morgan fingerprint density at radius 1 is 0.822 bits per heavy atom. The van der Waals surface area contributed by atoms with Crippen LogP contribution in [-0.2, 0) is 14.4 Å². The van der Waals surface area contributed by atoms with Gasteiger partial charge in [0.2, 0.25) is 0 Å². The van der Waals surface area contributed by atoms with Gasteiger partial charge in [-0.25, -0.2) is 0 Å². The Morgan fingerprint density at radius 3 is 2.33 bits per heavy atom. The Bertz CT molecular complexity index is 1390. The van der Waals surface area contributed by atoms with Crippen molar-refractivity contribution >= 4 is 17.3 Å². The van der Waals surface area contributed by atoms with E-state index in [-0.39, 0.29) is 16.2 Å². The van der Waals surface area contributed by atoms with E-state index in [1.165, 1.54) is 43.3 Å². The molecular weight excluding hydrogens is 556 g/mol. The number of hydrogen-bond acceptors (Lipinski definition) is 4. The normalized spacial score (nSPS) is 48.3. The van der Waals surface area contributed by atoms with Crippen LogP contribution < -0.4 is 0 Å². The molecule has 0 spiro atoms. The molecule has 0 unspecified atom stereocenters. The Hall–Kier alpha value is -1.99. The van der Waals surface area contributed by atoms with Crippen LogP contribution in [0.2, 0.25) is 0 Å². The Morgan fingerprint density at radius 2 is 1.58 bits per heavy atom. The summed E-state index contributed by atoms with van der Waals surface area (Å²) in [6.45, 7) is 8.88. The van der Waals surface area contributed by atoms with E-state index in [0.29, 0.717) is 41.0 Å². The molecule has 5 fully saturated rings. The van der Waals surface area contributed by atoms with Crippen molar-refractivity contribution < 1.29 is 19.5 Å². The van der Waals surface area contributed by atoms with Gasteiger partial charge in [-0.15, -0.1) is 6.42 Å². The van der Waals surface area contributed by atoms with Gasteiger partial charge in [-0.1, -0.05) is 43.4 Å². The van der Waals surface area contributed by atoms with Crippen molar-refractivity contribution in [3.05, 3.63) is 22.8 Å². The second-order valence-electron chi connectivity index (χ2n) is 17.5. The third kappa shape index (κ3) is 4.67. The van der Waals surface area contributed by atoms with E-state index < -0.39 is 5.60 Å². The third-order valence-corrected chi connectivity index (χ3v) is 16.0. The zero-order valence-corrected chi connectivity index (χ0v) is 28.4. The molecule has 0 aromatic heterocycles. The second kappa shape index (κ2) is 11.0. The molecule has 1 N–H and O–H groups in total. The lowest BCUT2D eigenvalue weighted by atomic mass is 9.47. The first kappa shape index (κ1) is 31.6. The molecular formula is C41H56O4. The fraction of sp³-hybridized carbons (Fsp3) is 0.780. The standard InChI is InChI=1S/C21H30O2.C20H26O2/c1-13(22)17-6-7-18-16-5-4-14-12-15(23)8-10-20(14,2)19(16)9-11-21(17,18)3;1-3-20(22)11-9-18-17-6-4-13-12-14(21)5-7-15(13)16(17)8-10-19(18,20)2/h12,16-19H,4-11H2,1-3H3;1,16-18,22H,4-12H2,2H3/t16-,17+,18-,19-,20-,21+;16-,17-,18+,19+,20+/m01/s1. The summed E-state index contributed by atoms with van der Waals surface area (Å²) in [5.41, 5.74) is 4.02. The molecule has 4 heteroatoms. The highest BCUT2D eigenvalue weighted by atomic mass is 16.3. The quantitative estimate of drug-likeness (QED) is 0.239. The van der Waals surface area contributed by atoms with E-state index >= 15 is 0 Å². The minimum Gasteiger partial charge on any atom is -0.377 e. The molecule has 244 valence electrons. The lowest BCUT2D eigenvalue weighted by Crippen LogP contribution is -2.51. The highest BCUT2D eigenvalue weighted by Crippen LogP contribution is 2.67. The third-order valence-electron chi connectivity index (χ3n) is 16.0. The lowest BCUT2D eigenvalue weighted by Gasteiger charge is -2.58. The van der Waals surface area contributed by atoms with Crippen molar-refractivity contribution in [1.82, 2.24) is 0 Å². The van der Waals surface area contributed by atoms with Gasteiger partial charge < -0.3 is 5.11 Å². The number of carbonyl (C=O) groups excluding carboxylic acids is 3. The molecule has 0 aromatic carbocycles.